The Kier molecular flexibility index (Phi) is 4.84. The lowest BCUT2D eigenvalue weighted by molar-refractivity contribution is 0.102. The Hall–Kier alpha value is -3.93. The lowest BCUT2D eigenvalue weighted by Gasteiger charge is -2.06. The molecule has 0 radical (unpaired) electrons. The number of nitrogens with one attached hydrogen (secondary N) is 1. The number of ether oxygens (including phenoxy) is 1. The molecule has 1 heterocycles. The predicted octanol–water partition coefficient (Wildman–Crippen LogP) is 4.66. The predicted molar refractivity (Wildman–Crippen MR) is 106 cm³/mol. The third-order valence-corrected chi connectivity index (χ3v) is 4.19. The molecule has 6 nitrogen and oxygen atoms in total. The molecule has 1 N–H and O–H groups in total. The third-order valence-electron chi connectivity index (χ3n) is 4.19. The first-order valence-corrected chi connectivity index (χ1v) is 8.68. The molecule has 138 valence electrons. The van der Waals surface area contributed by atoms with Gasteiger partial charge in [0.1, 0.15) is 5.75 Å². The van der Waals surface area contributed by atoms with Crippen LogP contribution in [0.2, 0.25) is 0 Å². The van der Waals surface area contributed by atoms with Gasteiger partial charge in [-0.25, -0.2) is 0 Å². The summed E-state index contributed by atoms with van der Waals surface area (Å²) < 4.78 is 10.9. The fourth-order valence-corrected chi connectivity index (χ4v) is 2.68. The topological polar surface area (TPSA) is 77.2 Å². The van der Waals surface area contributed by atoms with Crippen LogP contribution in [0.25, 0.3) is 22.9 Å². The summed E-state index contributed by atoms with van der Waals surface area (Å²) in [5.74, 6) is 1.39. The summed E-state index contributed by atoms with van der Waals surface area (Å²) in [5, 5.41) is 11.0. The number of amides is 1. The van der Waals surface area contributed by atoms with Crippen molar-refractivity contribution in [3.8, 4) is 28.7 Å². The van der Waals surface area contributed by atoms with Crippen molar-refractivity contribution in [2.75, 3.05) is 12.4 Å². The van der Waals surface area contributed by atoms with Gasteiger partial charge in [-0.15, -0.1) is 10.2 Å². The lowest BCUT2D eigenvalue weighted by atomic mass is 10.1. The van der Waals surface area contributed by atoms with Gasteiger partial charge in [0.2, 0.25) is 11.8 Å². The number of rotatable bonds is 5. The Morgan fingerprint density at radius 1 is 0.821 bits per heavy atom. The average molecular weight is 371 g/mol. The van der Waals surface area contributed by atoms with Crippen LogP contribution in [0.1, 0.15) is 10.4 Å². The molecule has 0 aliphatic heterocycles. The highest BCUT2D eigenvalue weighted by atomic mass is 16.5. The normalized spacial score (nSPS) is 10.5. The van der Waals surface area contributed by atoms with Crippen molar-refractivity contribution in [3.05, 3.63) is 84.4 Å². The fraction of sp³-hybridized carbons (Fsp3) is 0.0455. The monoisotopic (exact) mass is 371 g/mol. The molecule has 0 fully saturated rings. The van der Waals surface area contributed by atoms with Crippen molar-refractivity contribution >= 4 is 11.6 Å². The highest BCUT2D eigenvalue weighted by Crippen LogP contribution is 2.24. The number of benzene rings is 3. The molecular formula is C22H17N3O3. The van der Waals surface area contributed by atoms with Gasteiger partial charge in [0.25, 0.3) is 5.91 Å². The molecule has 0 saturated heterocycles. The van der Waals surface area contributed by atoms with E-state index in [1.54, 1.807) is 55.6 Å². The second kappa shape index (κ2) is 7.75. The van der Waals surface area contributed by atoms with Crippen LogP contribution in [-0.2, 0) is 0 Å². The molecule has 0 aliphatic carbocycles. The van der Waals surface area contributed by atoms with Crippen LogP contribution in [0.4, 0.5) is 5.69 Å². The largest absolute Gasteiger partial charge is 0.497 e. The Morgan fingerprint density at radius 3 is 2.04 bits per heavy atom. The van der Waals surface area contributed by atoms with Gasteiger partial charge in [0.15, 0.2) is 0 Å². The van der Waals surface area contributed by atoms with Crippen LogP contribution in [-0.4, -0.2) is 23.2 Å². The summed E-state index contributed by atoms with van der Waals surface area (Å²) >= 11 is 0. The van der Waals surface area contributed by atoms with E-state index in [4.69, 9.17) is 9.15 Å². The smallest absolute Gasteiger partial charge is 0.255 e. The van der Waals surface area contributed by atoms with Gasteiger partial charge in [0.05, 0.1) is 7.11 Å². The zero-order valence-electron chi connectivity index (χ0n) is 15.1. The van der Waals surface area contributed by atoms with E-state index >= 15 is 0 Å². The average Bonchev–Trinajstić information content (AvgIpc) is 3.25. The van der Waals surface area contributed by atoms with Crippen LogP contribution in [0, 0.1) is 0 Å². The second-order valence-electron chi connectivity index (χ2n) is 6.04. The van der Waals surface area contributed by atoms with Crippen molar-refractivity contribution in [2.24, 2.45) is 0 Å². The van der Waals surface area contributed by atoms with E-state index in [9.17, 15) is 4.79 Å². The maximum Gasteiger partial charge on any atom is 0.255 e. The van der Waals surface area contributed by atoms with E-state index in [-0.39, 0.29) is 5.91 Å². The van der Waals surface area contributed by atoms with Crippen molar-refractivity contribution in [1.29, 1.82) is 0 Å². The molecule has 0 saturated carbocycles. The highest BCUT2D eigenvalue weighted by Gasteiger charge is 2.12. The molecule has 0 atom stereocenters. The quantitative estimate of drug-likeness (QED) is 0.552. The summed E-state index contributed by atoms with van der Waals surface area (Å²) in [6.45, 7) is 0. The van der Waals surface area contributed by atoms with Crippen LogP contribution in [0.5, 0.6) is 5.75 Å². The Bertz CT molecular complexity index is 1070. The van der Waals surface area contributed by atoms with Crippen molar-refractivity contribution in [3.63, 3.8) is 0 Å². The zero-order chi connectivity index (χ0) is 19.3. The molecule has 0 bridgehead atoms. The molecule has 0 aliphatic rings. The number of hydrogen-bond donors (Lipinski definition) is 1. The minimum Gasteiger partial charge on any atom is -0.497 e. The maximum absolute atomic E-state index is 12.4. The minimum absolute atomic E-state index is 0.202. The van der Waals surface area contributed by atoms with Gasteiger partial charge in [-0.05, 0) is 60.7 Å². The van der Waals surface area contributed by atoms with Crippen LogP contribution in [0.15, 0.2) is 83.3 Å². The van der Waals surface area contributed by atoms with Crippen molar-refractivity contribution in [2.45, 2.75) is 0 Å². The van der Waals surface area contributed by atoms with Gasteiger partial charge >= 0.3 is 0 Å². The van der Waals surface area contributed by atoms with E-state index in [2.05, 4.69) is 15.5 Å². The number of hydrogen-bond acceptors (Lipinski definition) is 5. The van der Waals surface area contributed by atoms with Gasteiger partial charge in [-0.1, -0.05) is 18.2 Å². The summed E-state index contributed by atoms with van der Waals surface area (Å²) in [7, 11) is 1.60. The Balaban J connectivity index is 1.47. The summed E-state index contributed by atoms with van der Waals surface area (Å²) in [4.78, 5) is 12.4. The number of anilines is 1. The zero-order valence-corrected chi connectivity index (χ0v) is 15.1. The molecule has 0 unspecified atom stereocenters. The molecule has 1 amide bonds. The third kappa shape index (κ3) is 3.76. The number of carbonyl (C=O) groups excluding carboxylic acids is 1. The van der Waals surface area contributed by atoms with E-state index in [0.29, 0.717) is 23.0 Å². The first kappa shape index (κ1) is 17.5. The van der Waals surface area contributed by atoms with Gasteiger partial charge < -0.3 is 14.5 Å². The molecule has 0 spiro atoms. The minimum atomic E-state index is -0.202. The van der Waals surface area contributed by atoms with Crippen LogP contribution in [0.3, 0.4) is 0 Å². The van der Waals surface area contributed by atoms with Crippen LogP contribution >= 0.6 is 0 Å². The first-order valence-electron chi connectivity index (χ1n) is 8.68. The van der Waals surface area contributed by atoms with E-state index in [1.165, 1.54) is 0 Å². The maximum atomic E-state index is 12.4. The van der Waals surface area contributed by atoms with Crippen molar-refractivity contribution < 1.29 is 13.9 Å². The number of nitrogens with zero attached hydrogens (tertiary/aromatic N) is 2. The lowest BCUT2D eigenvalue weighted by Crippen LogP contribution is -2.11. The molecular weight excluding hydrogens is 354 g/mol. The number of methoxy groups -OCH3 is 1. The molecule has 6 heteroatoms. The summed E-state index contributed by atoms with van der Waals surface area (Å²) in [6, 6.07) is 23.7. The van der Waals surface area contributed by atoms with Crippen LogP contribution < -0.4 is 10.1 Å². The Labute approximate surface area is 161 Å². The standard InChI is InChI=1S/C22H17N3O3/c1-27-19-13-11-18(12-14-19)23-20(26)15-7-9-17(10-8-15)22-25-24-21(28-22)16-5-3-2-4-6-16/h2-14H,1H3,(H,23,26). The second-order valence-corrected chi connectivity index (χ2v) is 6.04. The molecule has 4 rings (SSSR count). The summed E-state index contributed by atoms with van der Waals surface area (Å²) in [5.41, 5.74) is 2.83. The SMILES string of the molecule is COc1ccc(NC(=O)c2ccc(-c3nnc(-c4ccccc4)o3)cc2)cc1. The van der Waals surface area contributed by atoms with Gasteiger partial charge in [0, 0.05) is 22.4 Å². The fourth-order valence-electron chi connectivity index (χ4n) is 2.68. The highest BCUT2D eigenvalue weighted by molar-refractivity contribution is 6.04. The van der Waals surface area contributed by atoms with Gasteiger partial charge in [-0.2, -0.15) is 0 Å². The van der Waals surface area contributed by atoms with E-state index in [0.717, 1.165) is 16.9 Å². The molecule has 4 aromatic rings. The van der Waals surface area contributed by atoms with Crippen molar-refractivity contribution in [1.82, 2.24) is 10.2 Å². The van der Waals surface area contributed by atoms with E-state index in [1.807, 2.05) is 30.3 Å². The Morgan fingerprint density at radius 2 is 1.43 bits per heavy atom. The molecule has 1 aromatic heterocycles. The first-order chi connectivity index (χ1) is 13.7. The number of aromatic nitrogens is 2. The van der Waals surface area contributed by atoms with E-state index < -0.39 is 0 Å². The van der Waals surface area contributed by atoms with Gasteiger partial charge in [-0.3, -0.25) is 4.79 Å². The summed E-state index contributed by atoms with van der Waals surface area (Å²) in [6.07, 6.45) is 0. The molecule has 28 heavy (non-hydrogen) atoms. The molecule has 3 aromatic carbocycles. The number of carbonyl (C=O) groups is 1.